The number of anilines is 1. The molecule has 0 amide bonds. The van der Waals surface area contributed by atoms with Gasteiger partial charge in [-0.3, -0.25) is 0 Å². The molecule has 0 aliphatic rings. The summed E-state index contributed by atoms with van der Waals surface area (Å²) in [5.74, 6) is 0.900. The highest BCUT2D eigenvalue weighted by molar-refractivity contribution is 6.32. The lowest BCUT2D eigenvalue weighted by Gasteiger charge is -2.09. The zero-order valence-corrected chi connectivity index (χ0v) is 10.9. The second-order valence-electron chi connectivity index (χ2n) is 3.25. The quantitative estimate of drug-likeness (QED) is 0.928. The number of halogens is 2. The zero-order chi connectivity index (χ0) is 13.0. The Hall–Kier alpha value is -1.66. The average molecular weight is 286 g/mol. The summed E-state index contributed by atoms with van der Waals surface area (Å²) in [6, 6.07) is 3.69. The van der Waals surface area contributed by atoms with Gasteiger partial charge in [-0.15, -0.1) is 10.2 Å². The summed E-state index contributed by atoms with van der Waals surface area (Å²) in [6.07, 6.45) is 1.65. The van der Waals surface area contributed by atoms with Gasteiger partial charge in [0.2, 0.25) is 11.2 Å². The SMILES string of the molecule is COc1ncccc1CNc1nc(Cl)nnc1Cl. The van der Waals surface area contributed by atoms with Gasteiger partial charge in [0, 0.05) is 18.3 Å². The van der Waals surface area contributed by atoms with Crippen LogP contribution in [0.1, 0.15) is 5.56 Å². The molecule has 0 saturated heterocycles. The lowest BCUT2D eigenvalue weighted by molar-refractivity contribution is 0.393. The first-order chi connectivity index (χ1) is 8.70. The third-order valence-corrected chi connectivity index (χ3v) is 2.52. The predicted octanol–water partition coefficient (Wildman–Crippen LogP) is 2.19. The van der Waals surface area contributed by atoms with E-state index < -0.39 is 0 Å². The van der Waals surface area contributed by atoms with Crippen molar-refractivity contribution in [3.63, 3.8) is 0 Å². The van der Waals surface area contributed by atoms with Gasteiger partial charge in [0.1, 0.15) is 0 Å². The van der Waals surface area contributed by atoms with Crippen LogP contribution < -0.4 is 10.1 Å². The van der Waals surface area contributed by atoms with E-state index in [1.54, 1.807) is 13.3 Å². The molecule has 0 aromatic carbocycles. The smallest absolute Gasteiger partial charge is 0.245 e. The molecular formula is C10H9Cl2N5O. The van der Waals surface area contributed by atoms with Gasteiger partial charge < -0.3 is 10.1 Å². The number of hydrogen-bond acceptors (Lipinski definition) is 6. The minimum absolute atomic E-state index is 0.0278. The van der Waals surface area contributed by atoms with Crippen LogP contribution in [0.2, 0.25) is 10.4 Å². The molecule has 2 aromatic heterocycles. The third-order valence-electron chi connectivity index (χ3n) is 2.11. The van der Waals surface area contributed by atoms with Gasteiger partial charge in [-0.25, -0.2) is 4.98 Å². The number of ether oxygens (including phenoxy) is 1. The van der Waals surface area contributed by atoms with Gasteiger partial charge in [-0.2, -0.15) is 4.98 Å². The largest absolute Gasteiger partial charge is 0.481 e. The first-order valence-electron chi connectivity index (χ1n) is 4.98. The van der Waals surface area contributed by atoms with Crippen molar-refractivity contribution < 1.29 is 4.74 Å². The van der Waals surface area contributed by atoms with Gasteiger partial charge >= 0.3 is 0 Å². The van der Waals surface area contributed by atoms with Crippen LogP contribution in [0.4, 0.5) is 5.82 Å². The van der Waals surface area contributed by atoms with Gasteiger partial charge in [0.15, 0.2) is 11.0 Å². The standard InChI is InChI=1S/C10H9Cl2N5O/c1-18-9-6(3-2-4-13-9)5-14-8-7(11)16-17-10(12)15-8/h2-4H,5H2,1H3,(H,14,15,17). The highest BCUT2D eigenvalue weighted by Gasteiger charge is 2.08. The molecule has 18 heavy (non-hydrogen) atoms. The molecule has 0 unspecified atom stereocenters. The molecule has 0 fully saturated rings. The fourth-order valence-electron chi connectivity index (χ4n) is 1.33. The Kier molecular flexibility index (Phi) is 4.11. The van der Waals surface area contributed by atoms with Crippen LogP contribution in [-0.4, -0.2) is 27.3 Å². The molecule has 0 bridgehead atoms. The Morgan fingerprint density at radius 1 is 1.33 bits per heavy atom. The molecule has 0 spiro atoms. The molecule has 0 radical (unpaired) electrons. The van der Waals surface area contributed by atoms with E-state index in [4.69, 9.17) is 27.9 Å². The number of pyridine rings is 1. The summed E-state index contributed by atoms with van der Waals surface area (Å²) >= 11 is 11.5. The van der Waals surface area contributed by atoms with Crippen LogP contribution in [-0.2, 0) is 6.54 Å². The molecule has 0 aliphatic heterocycles. The summed E-state index contributed by atoms with van der Waals surface area (Å²) in [4.78, 5) is 8.01. The molecular weight excluding hydrogens is 277 g/mol. The number of hydrogen-bond donors (Lipinski definition) is 1. The average Bonchev–Trinajstić information content (AvgIpc) is 2.40. The van der Waals surface area contributed by atoms with Crippen molar-refractivity contribution in [3.05, 3.63) is 34.3 Å². The van der Waals surface area contributed by atoms with E-state index in [2.05, 4.69) is 25.5 Å². The normalized spacial score (nSPS) is 10.2. The number of aromatic nitrogens is 4. The maximum atomic E-state index is 5.83. The molecule has 6 nitrogen and oxygen atoms in total. The number of nitrogens with one attached hydrogen (secondary N) is 1. The van der Waals surface area contributed by atoms with Gasteiger partial charge in [0.05, 0.1) is 7.11 Å². The summed E-state index contributed by atoms with van der Waals surface area (Å²) in [6.45, 7) is 0.436. The summed E-state index contributed by atoms with van der Waals surface area (Å²) in [5, 5.41) is 10.3. The topological polar surface area (TPSA) is 72.8 Å². The zero-order valence-electron chi connectivity index (χ0n) is 9.39. The van der Waals surface area contributed by atoms with E-state index in [0.717, 1.165) is 5.56 Å². The van der Waals surface area contributed by atoms with Gasteiger partial charge in [-0.05, 0) is 17.7 Å². The van der Waals surface area contributed by atoms with E-state index in [1.165, 1.54) is 0 Å². The Morgan fingerprint density at radius 2 is 2.17 bits per heavy atom. The molecule has 2 heterocycles. The van der Waals surface area contributed by atoms with E-state index in [9.17, 15) is 0 Å². The fourth-order valence-corrected chi connectivity index (χ4v) is 1.60. The van der Waals surface area contributed by atoms with Crippen molar-refractivity contribution in [2.75, 3.05) is 12.4 Å². The Morgan fingerprint density at radius 3 is 2.94 bits per heavy atom. The third kappa shape index (κ3) is 2.96. The van der Waals surface area contributed by atoms with E-state index in [0.29, 0.717) is 18.2 Å². The van der Waals surface area contributed by atoms with Crippen molar-refractivity contribution >= 4 is 29.0 Å². The Labute approximate surface area is 113 Å². The second-order valence-corrected chi connectivity index (χ2v) is 3.94. The lowest BCUT2D eigenvalue weighted by atomic mass is 10.2. The molecule has 94 valence electrons. The van der Waals surface area contributed by atoms with Crippen molar-refractivity contribution in [1.29, 1.82) is 0 Å². The molecule has 1 N–H and O–H groups in total. The second kappa shape index (κ2) is 5.79. The minimum atomic E-state index is 0.0278. The molecule has 2 aromatic rings. The van der Waals surface area contributed by atoms with Crippen LogP contribution in [0.25, 0.3) is 0 Å². The van der Waals surface area contributed by atoms with E-state index >= 15 is 0 Å². The summed E-state index contributed by atoms with van der Waals surface area (Å²) < 4.78 is 5.13. The first-order valence-corrected chi connectivity index (χ1v) is 5.73. The Balaban J connectivity index is 2.14. The molecule has 2 rings (SSSR count). The van der Waals surface area contributed by atoms with Gasteiger partial charge in [-0.1, -0.05) is 17.7 Å². The van der Waals surface area contributed by atoms with Crippen molar-refractivity contribution in [3.8, 4) is 5.88 Å². The number of methoxy groups -OCH3 is 1. The highest BCUT2D eigenvalue weighted by Crippen LogP contribution is 2.19. The maximum Gasteiger partial charge on any atom is 0.245 e. The molecule has 0 aliphatic carbocycles. The summed E-state index contributed by atoms with van der Waals surface area (Å²) in [5.41, 5.74) is 0.866. The van der Waals surface area contributed by atoms with E-state index in [1.807, 2.05) is 12.1 Å². The number of rotatable bonds is 4. The minimum Gasteiger partial charge on any atom is -0.481 e. The van der Waals surface area contributed by atoms with Crippen molar-refractivity contribution in [1.82, 2.24) is 20.2 Å². The number of nitrogens with zero attached hydrogens (tertiary/aromatic N) is 4. The molecule has 8 heteroatoms. The molecule has 0 atom stereocenters. The van der Waals surface area contributed by atoms with Gasteiger partial charge in [0.25, 0.3) is 0 Å². The van der Waals surface area contributed by atoms with E-state index in [-0.39, 0.29) is 10.4 Å². The lowest BCUT2D eigenvalue weighted by Crippen LogP contribution is -2.06. The Bertz CT molecular complexity index is 552. The van der Waals surface area contributed by atoms with Crippen molar-refractivity contribution in [2.45, 2.75) is 6.54 Å². The van der Waals surface area contributed by atoms with Crippen LogP contribution in [0.5, 0.6) is 5.88 Å². The van der Waals surface area contributed by atoms with Crippen LogP contribution in [0.15, 0.2) is 18.3 Å². The first kappa shape index (κ1) is 12.8. The fraction of sp³-hybridized carbons (Fsp3) is 0.200. The molecule has 0 saturated carbocycles. The van der Waals surface area contributed by atoms with Crippen LogP contribution >= 0.6 is 23.2 Å². The maximum absolute atomic E-state index is 5.83. The highest BCUT2D eigenvalue weighted by atomic mass is 35.5. The summed E-state index contributed by atoms with van der Waals surface area (Å²) in [7, 11) is 1.56. The van der Waals surface area contributed by atoms with Crippen molar-refractivity contribution in [2.24, 2.45) is 0 Å². The predicted molar refractivity (Wildman–Crippen MR) is 68.0 cm³/mol. The van der Waals surface area contributed by atoms with Crippen LogP contribution in [0, 0.1) is 0 Å². The monoisotopic (exact) mass is 285 g/mol. The van der Waals surface area contributed by atoms with Crippen LogP contribution in [0.3, 0.4) is 0 Å².